The number of halogens is 1. The van der Waals surface area contributed by atoms with E-state index in [-0.39, 0.29) is 18.2 Å². The van der Waals surface area contributed by atoms with Crippen LogP contribution in [0.1, 0.15) is 56.9 Å². The monoisotopic (exact) mass is 336 g/mol. The number of hydrogen-bond donors (Lipinski definition) is 2. The third kappa shape index (κ3) is 7.04. The second-order valence-corrected chi connectivity index (χ2v) is 6.73. The predicted molar refractivity (Wildman–Crippen MR) is 91.9 cm³/mol. The van der Waals surface area contributed by atoms with Crippen LogP contribution in [-0.2, 0) is 16.0 Å². The van der Waals surface area contributed by atoms with E-state index in [2.05, 4.69) is 10.9 Å². The highest BCUT2D eigenvalue weighted by atomic mass is 35.5. The summed E-state index contributed by atoms with van der Waals surface area (Å²) in [6.45, 7) is 0. The Bertz CT molecular complexity index is 510. The summed E-state index contributed by atoms with van der Waals surface area (Å²) < 4.78 is 0. The highest BCUT2D eigenvalue weighted by Gasteiger charge is 2.13. The molecule has 126 valence electrons. The standard InChI is InChI=1S/C18H25ClN2O2/c19-16-11-9-15(10-12-16)13-18(23)21-20-17(22)8-4-7-14-5-2-1-3-6-14/h9-12,14H,1-8,13H2,(H,20,22)(H,21,23). The predicted octanol–water partition coefficient (Wildman–Crippen LogP) is 3.78. The molecule has 1 aromatic carbocycles. The van der Waals surface area contributed by atoms with Crippen LogP contribution in [0.5, 0.6) is 0 Å². The van der Waals surface area contributed by atoms with E-state index < -0.39 is 0 Å². The molecule has 0 aromatic heterocycles. The van der Waals surface area contributed by atoms with Crippen molar-refractivity contribution in [3.63, 3.8) is 0 Å². The molecule has 1 aliphatic carbocycles. The lowest BCUT2D eigenvalue weighted by molar-refractivity contribution is -0.128. The third-order valence-electron chi connectivity index (χ3n) is 4.36. The van der Waals surface area contributed by atoms with Crippen LogP contribution in [-0.4, -0.2) is 11.8 Å². The molecule has 2 N–H and O–H groups in total. The lowest BCUT2D eigenvalue weighted by Gasteiger charge is -2.21. The molecule has 2 rings (SSSR count). The number of rotatable bonds is 6. The molecule has 1 aromatic rings. The Morgan fingerprint density at radius 2 is 1.65 bits per heavy atom. The fourth-order valence-corrected chi connectivity index (χ4v) is 3.19. The summed E-state index contributed by atoms with van der Waals surface area (Å²) in [4.78, 5) is 23.5. The van der Waals surface area contributed by atoms with Crippen molar-refractivity contribution in [2.45, 2.75) is 57.8 Å². The lowest BCUT2D eigenvalue weighted by atomic mass is 9.86. The van der Waals surface area contributed by atoms with Gasteiger partial charge in [0.1, 0.15) is 0 Å². The smallest absolute Gasteiger partial charge is 0.242 e. The van der Waals surface area contributed by atoms with Gasteiger partial charge in [0.05, 0.1) is 6.42 Å². The summed E-state index contributed by atoms with van der Waals surface area (Å²) in [6, 6.07) is 7.09. The molecule has 0 heterocycles. The Kier molecular flexibility index (Phi) is 7.40. The number of hydrazine groups is 1. The largest absolute Gasteiger partial charge is 0.273 e. The molecule has 0 spiro atoms. The molecule has 0 aliphatic heterocycles. The number of carbonyl (C=O) groups is 2. The number of carbonyl (C=O) groups excluding carboxylic acids is 2. The Morgan fingerprint density at radius 3 is 2.35 bits per heavy atom. The minimum Gasteiger partial charge on any atom is -0.273 e. The molecule has 2 amide bonds. The molecule has 1 aliphatic rings. The van der Waals surface area contributed by atoms with E-state index in [4.69, 9.17) is 11.6 Å². The molecule has 0 atom stereocenters. The van der Waals surface area contributed by atoms with Gasteiger partial charge in [0.15, 0.2) is 0 Å². The van der Waals surface area contributed by atoms with Crippen molar-refractivity contribution < 1.29 is 9.59 Å². The molecule has 1 saturated carbocycles. The highest BCUT2D eigenvalue weighted by Crippen LogP contribution is 2.27. The van der Waals surface area contributed by atoms with Crippen molar-refractivity contribution in [1.29, 1.82) is 0 Å². The van der Waals surface area contributed by atoms with Gasteiger partial charge in [-0.15, -0.1) is 0 Å². The van der Waals surface area contributed by atoms with E-state index >= 15 is 0 Å². The van der Waals surface area contributed by atoms with E-state index in [9.17, 15) is 9.59 Å². The van der Waals surface area contributed by atoms with Crippen LogP contribution in [0.25, 0.3) is 0 Å². The maximum absolute atomic E-state index is 11.8. The zero-order valence-electron chi connectivity index (χ0n) is 13.4. The van der Waals surface area contributed by atoms with Crippen molar-refractivity contribution in [2.24, 2.45) is 5.92 Å². The first-order valence-electron chi connectivity index (χ1n) is 8.45. The number of benzene rings is 1. The van der Waals surface area contributed by atoms with Crippen LogP contribution in [0, 0.1) is 5.92 Å². The van der Waals surface area contributed by atoms with E-state index in [1.807, 2.05) is 0 Å². The van der Waals surface area contributed by atoms with Gasteiger partial charge in [-0.1, -0.05) is 55.8 Å². The Balaban J connectivity index is 1.58. The minimum absolute atomic E-state index is 0.120. The second kappa shape index (κ2) is 9.56. The first-order valence-corrected chi connectivity index (χ1v) is 8.83. The fourth-order valence-electron chi connectivity index (χ4n) is 3.06. The van der Waals surface area contributed by atoms with E-state index in [0.717, 1.165) is 24.3 Å². The zero-order chi connectivity index (χ0) is 16.5. The lowest BCUT2D eigenvalue weighted by Crippen LogP contribution is -2.42. The Morgan fingerprint density at radius 1 is 1.00 bits per heavy atom. The van der Waals surface area contributed by atoms with Crippen LogP contribution >= 0.6 is 11.6 Å². The maximum atomic E-state index is 11.8. The summed E-state index contributed by atoms with van der Waals surface area (Å²) in [5.74, 6) is 0.439. The van der Waals surface area contributed by atoms with Crippen LogP contribution in [0.3, 0.4) is 0 Å². The van der Waals surface area contributed by atoms with Gasteiger partial charge in [0.25, 0.3) is 0 Å². The first-order chi connectivity index (χ1) is 11.1. The third-order valence-corrected chi connectivity index (χ3v) is 4.61. The Labute approximate surface area is 143 Å². The summed E-state index contributed by atoms with van der Waals surface area (Å²) in [5, 5.41) is 0.639. The molecule has 5 heteroatoms. The van der Waals surface area contributed by atoms with Crippen molar-refractivity contribution in [1.82, 2.24) is 10.9 Å². The molecule has 23 heavy (non-hydrogen) atoms. The average Bonchev–Trinajstić information content (AvgIpc) is 2.56. The number of amides is 2. The van der Waals surface area contributed by atoms with Crippen molar-refractivity contribution >= 4 is 23.4 Å². The van der Waals surface area contributed by atoms with Gasteiger partial charge < -0.3 is 0 Å². The fraction of sp³-hybridized carbons (Fsp3) is 0.556. The highest BCUT2D eigenvalue weighted by molar-refractivity contribution is 6.30. The first kappa shape index (κ1) is 17.8. The van der Waals surface area contributed by atoms with Crippen molar-refractivity contribution in [2.75, 3.05) is 0 Å². The topological polar surface area (TPSA) is 58.2 Å². The molecule has 0 unspecified atom stereocenters. The molecule has 1 fully saturated rings. The summed E-state index contributed by atoms with van der Waals surface area (Å²) in [5.41, 5.74) is 5.81. The van der Waals surface area contributed by atoms with Crippen LogP contribution < -0.4 is 10.9 Å². The maximum Gasteiger partial charge on any atom is 0.242 e. The van der Waals surface area contributed by atoms with Crippen molar-refractivity contribution in [3.05, 3.63) is 34.9 Å². The quantitative estimate of drug-likeness (QED) is 0.777. The molecule has 0 saturated heterocycles. The van der Waals surface area contributed by atoms with E-state index in [1.165, 1.54) is 32.1 Å². The number of nitrogens with one attached hydrogen (secondary N) is 2. The average molecular weight is 337 g/mol. The van der Waals surface area contributed by atoms with Gasteiger partial charge in [-0.05, 0) is 36.5 Å². The van der Waals surface area contributed by atoms with Crippen LogP contribution in [0.4, 0.5) is 0 Å². The van der Waals surface area contributed by atoms with Gasteiger partial charge in [-0.2, -0.15) is 0 Å². The zero-order valence-corrected chi connectivity index (χ0v) is 14.2. The van der Waals surface area contributed by atoms with Gasteiger partial charge >= 0.3 is 0 Å². The minimum atomic E-state index is -0.229. The molecular weight excluding hydrogens is 312 g/mol. The number of hydrogen-bond acceptors (Lipinski definition) is 2. The summed E-state index contributed by atoms with van der Waals surface area (Å²) in [7, 11) is 0. The SMILES string of the molecule is O=C(CCCC1CCCCC1)NNC(=O)Cc1ccc(Cl)cc1. The van der Waals surface area contributed by atoms with Crippen molar-refractivity contribution in [3.8, 4) is 0 Å². The molecule has 0 radical (unpaired) electrons. The molecular formula is C18H25ClN2O2. The van der Waals surface area contributed by atoms with Gasteiger partial charge in [0, 0.05) is 11.4 Å². The normalized spacial score (nSPS) is 15.2. The van der Waals surface area contributed by atoms with E-state index in [1.54, 1.807) is 24.3 Å². The summed E-state index contributed by atoms with van der Waals surface area (Å²) >= 11 is 5.80. The van der Waals surface area contributed by atoms with E-state index in [0.29, 0.717) is 11.4 Å². The molecule has 4 nitrogen and oxygen atoms in total. The van der Waals surface area contributed by atoms with Crippen LogP contribution in [0.15, 0.2) is 24.3 Å². The molecule has 0 bridgehead atoms. The van der Waals surface area contributed by atoms with Gasteiger partial charge in [-0.3, -0.25) is 20.4 Å². The van der Waals surface area contributed by atoms with Gasteiger partial charge in [0.2, 0.25) is 11.8 Å². The van der Waals surface area contributed by atoms with Gasteiger partial charge in [-0.25, -0.2) is 0 Å². The summed E-state index contributed by atoms with van der Waals surface area (Å²) in [6.07, 6.45) is 9.33. The van der Waals surface area contributed by atoms with Crippen LogP contribution in [0.2, 0.25) is 5.02 Å². The Hall–Kier alpha value is -1.55. The second-order valence-electron chi connectivity index (χ2n) is 6.30.